The molecule has 0 spiro atoms. The smallest absolute Gasteiger partial charge is 0.270 e. The van der Waals surface area contributed by atoms with Gasteiger partial charge in [-0.25, -0.2) is 4.98 Å². The van der Waals surface area contributed by atoms with Crippen molar-refractivity contribution in [2.75, 3.05) is 14.2 Å². The van der Waals surface area contributed by atoms with Crippen LogP contribution in [0, 0.1) is 0 Å². The Morgan fingerprint density at radius 3 is 2.52 bits per heavy atom. The molecule has 0 aliphatic heterocycles. The number of benzene rings is 2. The molecule has 7 heteroatoms. The average Bonchev–Trinajstić information content (AvgIpc) is 3.10. The fourth-order valence-corrected chi connectivity index (χ4v) is 4.29. The van der Waals surface area contributed by atoms with E-state index in [-0.39, 0.29) is 17.5 Å². The van der Waals surface area contributed by atoms with Crippen LogP contribution < -0.4 is 20.3 Å². The molecule has 31 heavy (non-hydrogen) atoms. The summed E-state index contributed by atoms with van der Waals surface area (Å²) in [5, 5.41) is 5.57. The molecule has 0 radical (unpaired) electrons. The van der Waals surface area contributed by atoms with Gasteiger partial charge in [0.15, 0.2) is 11.5 Å². The Morgan fingerprint density at radius 2 is 1.81 bits per heavy atom. The summed E-state index contributed by atoms with van der Waals surface area (Å²) in [5.74, 6) is 0.545. The predicted octanol–water partition coefficient (Wildman–Crippen LogP) is 3.75. The van der Waals surface area contributed by atoms with Crippen molar-refractivity contribution >= 4 is 44.0 Å². The second-order valence-corrected chi connectivity index (χ2v) is 7.76. The fourth-order valence-electron chi connectivity index (χ4n) is 4.29. The minimum atomic E-state index is -0.260. The highest BCUT2D eigenvalue weighted by molar-refractivity contribution is 6.21. The summed E-state index contributed by atoms with van der Waals surface area (Å²) < 4.78 is 12.6. The largest absolute Gasteiger partial charge is 0.493 e. The number of amides is 1. The van der Waals surface area contributed by atoms with Crippen molar-refractivity contribution in [2.45, 2.75) is 19.9 Å². The first-order valence-electron chi connectivity index (χ1n) is 10.0. The van der Waals surface area contributed by atoms with Gasteiger partial charge in [-0.3, -0.25) is 14.0 Å². The molecule has 3 aromatic heterocycles. The van der Waals surface area contributed by atoms with Gasteiger partial charge in [-0.1, -0.05) is 18.2 Å². The summed E-state index contributed by atoms with van der Waals surface area (Å²) in [6.45, 7) is 3.80. The molecule has 3 heterocycles. The molecule has 0 atom stereocenters. The van der Waals surface area contributed by atoms with Crippen molar-refractivity contribution in [2.24, 2.45) is 0 Å². The zero-order valence-corrected chi connectivity index (χ0v) is 17.6. The molecular weight excluding hydrogens is 394 g/mol. The molecular formula is C24H21N3O4. The first-order chi connectivity index (χ1) is 15.0. The molecule has 5 rings (SSSR count). The molecule has 0 bridgehead atoms. The van der Waals surface area contributed by atoms with Gasteiger partial charge in [-0.05, 0) is 38.1 Å². The summed E-state index contributed by atoms with van der Waals surface area (Å²) in [4.78, 5) is 31.2. The average molecular weight is 415 g/mol. The van der Waals surface area contributed by atoms with Gasteiger partial charge in [0.1, 0.15) is 5.69 Å². The zero-order chi connectivity index (χ0) is 21.9. The van der Waals surface area contributed by atoms with Crippen molar-refractivity contribution in [1.82, 2.24) is 14.7 Å². The highest BCUT2D eigenvalue weighted by Crippen LogP contribution is 2.39. The molecule has 7 nitrogen and oxygen atoms in total. The van der Waals surface area contributed by atoms with Crippen molar-refractivity contribution in [3.63, 3.8) is 0 Å². The van der Waals surface area contributed by atoms with Crippen LogP contribution in [0.3, 0.4) is 0 Å². The lowest BCUT2D eigenvalue weighted by atomic mass is 10.1. The number of methoxy groups -OCH3 is 2. The van der Waals surface area contributed by atoms with E-state index in [4.69, 9.17) is 14.5 Å². The Labute approximate surface area is 177 Å². The van der Waals surface area contributed by atoms with Crippen LogP contribution >= 0.6 is 0 Å². The number of fused-ring (bicyclic) bond motifs is 5. The second kappa shape index (κ2) is 6.84. The zero-order valence-electron chi connectivity index (χ0n) is 17.6. The summed E-state index contributed by atoms with van der Waals surface area (Å²) in [7, 11) is 3.03. The van der Waals surface area contributed by atoms with Crippen LogP contribution in [0.5, 0.6) is 11.5 Å². The van der Waals surface area contributed by atoms with Gasteiger partial charge in [0.25, 0.3) is 11.5 Å². The van der Waals surface area contributed by atoms with Crippen LogP contribution in [0.2, 0.25) is 0 Å². The molecule has 1 N–H and O–H groups in total. The maximum Gasteiger partial charge on any atom is 0.270 e. The van der Waals surface area contributed by atoms with Gasteiger partial charge >= 0.3 is 0 Å². The fraction of sp³-hybridized carbons (Fsp3) is 0.208. The molecule has 2 aromatic carbocycles. The molecule has 5 aromatic rings. The number of nitrogens with zero attached hydrogens (tertiary/aromatic N) is 2. The summed E-state index contributed by atoms with van der Waals surface area (Å²) >= 11 is 0. The quantitative estimate of drug-likeness (QED) is 0.452. The number of carbonyl (C=O) groups is 1. The van der Waals surface area contributed by atoms with Gasteiger partial charge < -0.3 is 14.8 Å². The Balaban J connectivity index is 2.06. The van der Waals surface area contributed by atoms with E-state index in [2.05, 4.69) is 5.32 Å². The minimum Gasteiger partial charge on any atom is -0.493 e. The number of hydrogen-bond acceptors (Lipinski definition) is 5. The van der Waals surface area contributed by atoms with E-state index in [0.29, 0.717) is 39.0 Å². The minimum absolute atomic E-state index is 0.0269. The highest BCUT2D eigenvalue weighted by atomic mass is 16.5. The first-order valence-corrected chi connectivity index (χ1v) is 10.0. The van der Waals surface area contributed by atoms with Gasteiger partial charge in [-0.2, -0.15) is 0 Å². The molecule has 0 aliphatic carbocycles. The van der Waals surface area contributed by atoms with E-state index >= 15 is 0 Å². The molecule has 0 unspecified atom stereocenters. The Bertz CT molecular complexity index is 1550. The highest BCUT2D eigenvalue weighted by Gasteiger charge is 2.24. The Morgan fingerprint density at radius 1 is 1.03 bits per heavy atom. The van der Waals surface area contributed by atoms with Crippen LogP contribution in [-0.4, -0.2) is 35.6 Å². The lowest BCUT2D eigenvalue weighted by molar-refractivity contribution is 0.0938. The number of pyridine rings is 2. The van der Waals surface area contributed by atoms with E-state index in [1.807, 2.05) is 38.1 Å². The summed E-state index contributed by atoms with van der Waals surface area (Å²) in [6.07, 6.45) is 0. The van der Waals surface area contributed by atoms with Crippen molar-refractivity contribution in [1.29, 1.82) is 0 Å². The number of carbonyl (C=O) groups excluding carboxylic acids is 1. The predicted molar refractivity (Wildman–Crippen MR) is 121 cm³/mol. The van der Waals surface area contributed by atoms with Crippen LogP contribution in [-0.2, 0) is 0 Å². The maximum atomic E-state index is 13.7. The third kappa shape index (κ3) is 2.63. The summed E-state index contributed by atoms with van der Waals surface area (Å²) in [6, 6.07) is 12.9. The molecule has 1 amide bonds. The van der Waals surface area contributed by atoms with Crippen LogP contribution in [0.1, 0.15) is 24.3 Å². The Kier molecular flexibility index (Phi) is 4.22. The lowest BCUT2D eigenvalue weighted by Crippen LogP contribution is -2.30. The number of ether oxygens (including phenoxy) is 2. The van der Waals surface area contributed by atoms with Crippen LogP contribution in [0.15, 0.2) is 47.3 Å². The number of nitrogens with one attached hydrogen (secondary N) is 1. The van der Waals surface area contributed by atoms with E-state index < -0.39 is 0 Å². The lowest BCUT2D eigenvalue weighted by Gasteiger charge is -2.13. The maximum absolute atomic E-state index is 13.7. The van der Waals surface area contributed by atoms with E-state index in [0.717, 1.165) is 16.3 Å². The number of para-hydroxylation sites is 1. The van der Waals surface area contributed by atoms with E-state index in [1.165, 1.54) is 14.2 Å². The van der Waals surface area contributed by atoms with Crippen molar-refractivity contribution in [3.05, 3.63) is 58.5 Å². The molecule has 0 saturated carbocycles. The molecule has 0 saturated heterocycles. The standard InChI is InChI=1S/C24H21N3O4/c1-12(2)25-23(28)16-11-15-13-7-5-6-8-17(13)27-21(15)20(26-16)14-9-10-18(30-3)22(31-4)19(14)24(27)29/h5-12H,1-4H3,(H,25,28). The number of rotatable bonds is 4. The number of aromatic nitrogens is 2. The van der Waals surface area contributed by atoms with Gasteiger partial charge in [0.2, 0.25) is 0 Å². The van der Waals surface area contributed by atoms with E-state index in [9.17, 15) is 9.59 Å². The first kappa shape index (κ1) is 19.1. The van der Waals surface area contributed by atoms with Crippen molar-refractivity contribution < 1.29 is 14.3 Å². The van der Waals surface area contributed by atoms with Gasteiger partial charge in [0, 0.05) is 22.2 Å². The third-order valence-corrected chi connectivity index (χ3v) is 5.52. The van der Waals surface area contributed by atoms with Crippen molar-refractivity contribution in [3.8, 4) is 11.5 Å². The molecule has 156 valence electrons. The SMILES string of the molecule is COc1ccc2c(c1OC)c(=O)n1c3ccccc3c3cc(C(=O)NC(C)C)nc2c31. The topological polar surface area (TPSA) is 81.9 Å². The second-order valence-electron chi connectivity index (χ2n) is 7.76. The van der Waals surface area contributed by atoms with Crippen LogP contribution in [0.4, 0.5) is 0 Å². The molecule has 0 fully saturated rings. The Hall–Kier alpha value is -3.87. The van der Waals surface area contributed by atoms with Crippen LogP contribution in [0.25, 0.3) is 38.1 Å². The normalized spacial score (nSPS) is 11.8. The van der Waals surface area contributed by atoms with E-state index in [1.54, 1.807) is 22.6 Å². The monoisotopic (exact) mass is 415 g/mol. The summed E-state index contributed by atoms with van der Waals surface area (Å²) in [5.41, 5.74) is 2.09. The number of hydrogen-bond donors (Lipinski definition) is 1. The third-order valence-electron chi connectivity index (χ3n) is 5.52. The van der Waals surface area contributed by atoms with Gasteiger partial charge in [0.05, 0.1) is 36.2 Å². The van der Waals surface area contributed by atoms with Gasteiger partial charge in [-0.15, -0.1) is 0 Å². The molecule has 0 aliphatic rings.